The zero-order valence-electron chi connectivity index (χ0n) is 8.77. The number of rotatable bonds is 2. The highest BCUT2D eigenvalue weighted by molar-refractivity contribution is 14.1. The van der Waals surface area contributed by atoms with Crippen LogP contribution in [0.15, 0.2) is 12.1 Å². The van der Waals surface area contributed by atoms with Gasteiger partial charge in [-0.1, -0.05) is 0 Å². The summed E-state index contributed by atoms with van der Waals surface area (Å²) in [5, 5.41) is 0. The van der Waals surface area contributed by atoms with Gasteiger partial charge in [0.1, 0.15) is 0 Å². The number of halogens is 4. The summed E-state index contributed by atoms with van der Waals surface area (Å²) in [5.41, 5.74) is 4.26. The molecule has 1 aromatic carbocycles. The van der Waals surface area contributed by atoms with E-state index in [9.17, 15) is 18.0 Å². The van der Waals surface area contributed by atoms with E-state index >= 15 is 0 Å². The van der Waals surface area contributed by atoms with Crippen LogP contribution in [-0.4, -0.2) is 12.6 Å². The number of nitrogen functional groups attached to an aromatic ring is 1. The molecule has 0 aliphatic heterocycles. The second-order valence-electron chi connectivity index (χ2n) is 3.14. The van der Waals surface area contributed by atoms with Crippen molar-refractivity contribution in [3.05, 3.63) is 26.8 Å². The summed E-state index contributed by atoms with van der Waals surface area (Å²) >= 11 is 1.51. The van der Waals surface area contributed by atoms with Crippen molar-refractivity contribution in [3.8, 4) is 0 Å². The van der Waals surface area contributed by atoms with Gasteiger partial charge in [-0.25, -0.2) is 4.79 Å². The van der Waals surface area contributed by atoms with Crippen LogP contribution in [0.3, 0.4) is 0 Å². The minimum absolute atomic E-state index is 0.0516. The van der Waals surface area contributed by atoms with Crippen LogP contribution < -0.4 is 5.73 Å². The lowest BCUT2D eigenvalue weighted by molar-refractivity contribution is -0.138. The third-order valence-corrected chi connectivity index (χ3v) is 2.83. The van der Waals surface area contributed by atoms with Gasteiger partial charge in [0, 0.05) is 9.26 Å². The molecule has 7 heteroatoms. The maximum atomic E-state index is 12.5. The second kappa shape index (κ2) is 5.11. The normalized spacial score (nSPS) is 11.4. The molecule has 0 amide bonds. The Labute approximate surface area is 109 Å². The summed E-state index contributed by atoms with van der Waals surface area (Å²) < 4.78 is 42.2. The molecule has 0 unspecified atom stereocenters. The lowest BCUT2D eigenvalue weighted by Crippen LogP contribution is -2.13. The van der Waals surface area contributed by atoms with Gasteiger partial charge in [0.25, 0.3) is 0 Å². The van der Waals surface area contributed by atoms with E-state index in [-0.39, 0.29) is 21.4 Å². The Morgan fingerprint density at radius 3 is 2.53 bits per heavy atom. The highest BCUT2D eigenvalue weighted by Crippen LogP contribution is 2.35. The van der Waals surface area contributed by atoms with E-state index in [1.807, 2.05) is 0 Å². The molecule has 0 atom stereocenters. The average Bonchev–Trinajstić information content (AvgIpc) is 2.19. The molecule has 0 bridgehead atoms. The topological polar surface area (TPSA) is 52.3 Å². The Kier molecular flexibility index (Phi) is 4.23. The SMILES string of the molecule is CCOC(=O)c1cc(I)c(C(F)(F)F)cc1N. The Morgan fingerprint density at radius 1 is 1.47 bits per heavy atom. The molecule has 1 rings (SSSR count). The van der Waals surface area contributed by atoms with Crippen LogP contribution in [0, 0.1) is 3.57 Å². The van der Waals surface area contributed by atoms with Gasteiger partial charge in [0.2, 0.25) is 0 Å². The Bertz CT molecular complexity index is 446. The predicted molar refractivity (Wildman–Crippen MR) is 64.5 cm³/mol. The van der Waals surface area contributed by atoms with Crippen molar-refractivity contribution in [2.24, 2.45) is 0 Å². The summed E-state index contributed by atoms with van der Waals surface area (Å²) in [7, 11) is 0. The molecule has 0 aliphatic rings. The lowest BCUT2D eigenvalue weighted by atomic mass is 10.1. The fourth-order valence-corrected chi connectivity index (χ4v) is 1.97. The molecule has 0 saturated heterocycles. The molecule has 0 aromatic heterocycles. The molecule has 17 heavy (non-hydrogen) atoms. The van der Waals surface area contributed by atoms with E-state index in [2.05, 4.69) is 4.74 Å². The van der Waals surface area contributed by atoms with E-state index in [1.54, 1.807) is 6.92 Å². The molecule has 0 aliphatic carbocycles. The molecule has 3 nitrogen and oxygen atoms in total. The van der Waals surface area contributed by atoms with E-state index in [4.69, 9.17) is 5.73 Å². The number of carbonyl (C=O) groups excluding carboxylic acids is 1. The average molecular weight is 359 g/mol. The predicted octanol–water partition coefficient (Wildman–Crippen LogP) is 3.07. The summed E-state index contributed by atoms with van der Waals surface area (Å²) in [5.74, 6) is -0.725. The Hall–Kier alpha value is -0.990. The van der Waals surface area contributed by atoms with Crippen molar-refractivity contribution in [1.29, 1.82) is 0 Å². The van der Waals surface area contributed by atoms with Crippen LogP contribution in [0.5, 0.6) is 0 Å². The first-order valence-corrected chi connectivity index (χ1v) is 5.68. The minimum Gasteiger partial charge on any atom is -0.462 e. The van der Waals surface area contributed by atoms with Crippen molar-refractivity contribution >= 4 is 34.2 Å². The number of anilines is 1. The quantitative estimate of drug-likeness (QED) is 0.502. The largest absolute Gasteiger partial charge is 0.462 e. The number of hydrogen-bond acceptors (Lipinski definition) is 3. The first kappa shape index (κ1) is 14.1. The van der Waals surface area contributed by atoms with E-state index in [0.29, 0.717) is 0 Å². The maximum absolute atomic E-state index is 12.5. The highest BCUT2D eigenvalue weighted by Gasteiger charge is 2.34. The van der Waals surface area contributed by atoms with Gasteiger partial charge in [-0.3, -0.25) is 0 Å². The fraction of sp³-hybridized carbons (Fsp3) is 0.300. The van der Waals surface area contributed by atoms with Gasteiger partial charge in [0.15, 0.2) is 0 Å². The van der Waals surface area contributed by atoms with Gasteiger partial charge in [-0.2, -0.15) is 13.2 Å². The lowest BCUT2D eigenvalue weighted by Gasteiger charge is -2.12. The molecule has 94 valence electrons. The standard InChI is InChI=1S/C10H9F3INO2/c1-2-17-9(16)5-3-7(14)6(4-8(5)15)10(11,12)13/h3-4H,2,15H2,1H3. The molecular formula is C10H9F3INO2. The van der Waals surface area contributed by atoms with Crippen LogP contribution in [0.4, 0.5) is 18.9 Å². The Balaban J connectivity index is 3.23. The van der Waals surface area contributed by atoms with Crippen molar-refractivity contribution in [2.45, 2.75) is 13.1 Å². The van der Waals surface area contributed by atoms with Gasteiger partial charge >= 0.3 is 12.1 Å². The minimum atomic E-state index is -4.49. The van der Waals surface area contributed by atoms with Crippen LogP contribution in [0.1, 0.15) is 22.8 Å². The van der Waals surface area contributed by atoms with E-state index < -0.39 is 17.7 Å². The smallest absolute Gasteiger partial charge is 0.417 e. The summed E-state index contributed by atoms with van der Waals surface area (Å²) in [4.78, 5) is 11.4. The van der Waals surface area contributed by atoms with Crippen molar-refractivity contribution in [2.75, 3.05) is 12.3 Å². The number of benzene rings is 1. The number of esters is 1. The number of carbonyl (C=O) groups is 1. The van der Waals surface area contributed by atoms with Gasteiger partial charge < -0.3 is 10.5 Å². The number of ether oxygens (including phenoxy) is 1. The number of alkyl halides is 3. The van der Waals surface area contributed by atoms with Crippen molar-refractivity contribution in [1.82, 2.24) is 0 Å². The molecular weight excluding hydrogens is 350 g/mol. The molecule has 1 aromatic rings. The van der Waals surface area contributed by atoms with Crippen LogP contribution in [0.25, 0.3) is 0 Å². The van der Waals surface area contributed by atoms with Crippen LogP contribution >= 0.6 is 22.6 Å². The van der Waals surface area contributed by atoms with E-state index in [0.717, 1.165) is 12.1 Å². The molecule has 0 radical (unpaired) electrons. The molecule has 2 N–H and O–H groups in total. The molecule has 0 spiro atoms. The third kappa shape index (κ3) is 3.24. The molecule has 0 fully saturated rings. The van der Waals surface area contributed by atoms with Gasteiger partial charge in [0.05, 0.1) is 17.7 Å². The molecule has 0 heterocycles. The Morgan fingerprint density at radius 2 is 2.06 bits per heavy atom. The second-order valence-corrected chi connectivity index (χ2v) is 4.30. The van der Waals surface area contributed by atoms with Crippen molar-refractivity contribution in [3.63, 3.8) is 0 Å². The van der Waals surface area contributed by atoms with Crippen molar-refractivity contribution < 1.29 is 22.7 Å². The van der Waals surface area contributed by atoms with Crippen LogP contribution in [-0.2, 0) is 10.9 Å². The highest BCUT2D eigenvalue weighted by atomic mass is 127. The summed E-state index contributed by atoms with van der Waals surface area (Å²) in [6.45, 7) is 1.74. The first-order valence-electron chi connectivity index (χ1n) is 4.60. The van der Waals surface area contributed by atoms with Gasteiger partial charge in [-0.15, -0.1) is 0 Å². The number of nitrogens with two attached hydrogens (primary N) is 1. The number of hydrogen-bond donors (Lipinski definition) is 1. The monoisotopic (exact) mass is 359 g/mol. The fourth-order valence-electron chi connectivity index (χ4n) is 1.19. The maximum Gasteiger partial charge on any atom is 0.417 e. The first-order chi connectivity index (χ1) is 7.77. The van der Waals surface area contributed by atoms with E-state index in [1.165, 1.54) is 22.6 Å². The zero-order chi connectivity index (χ0) is 13.2. The van der Waals surface area contributed by atoms with Crippen LogP contribution in [0.2, 0.25) is 0 Å². The summed E-state index contributed by atoms with van der Waals surface area (Å²) in [6, 6.07) is 1.82. The zero-order valence-corrected chi connectivity index (χ0v) is 10.9. The third-order valence-electron chi connectivity index (χ3n) is 1.94. The molecule has 0 saturated carbocycles. The summed E-state index contributed by atoms with van der Waals surface area (Å²) in [6.07, 6.45) is -4.49. The van der Waals surface area contributed by atoms with Gasteiger partial charge in [-0.05, 0) is 41.6 Å².